The van der Waals surface area contributed by atoms with Crippen LogP contribution in [0.1, 0.15) is 11.3 Å². The third-order valence-corrected chi connectivity index (χ3v) is 4.04. The van der Waals surface area contributed by atoms with Gasteiger partial charge in [-0.15, -0.1) is 0 Å². The van der Waals surface area contributed by atoms with Crippen molar-refractivity contribution in [3.05, 3.63) is 17.6 Å². The molecule has 2 aromatic heterocycles. The molecule has 0 saturated heterocycles. The van der Waals surface area contributed by atoms with Crippen molar-refractivity contribution < 1.29 is 8.42 Å². The fraction of sp³-hybridized carbons (Fsp3) is 0.455. The molecule has 7 heteroatoms. The van der Waals surface area contributed by atoms with Crippen LogP contribution < -0.4 is 5.73 Å². The average molecular weight is 268 g/mol. The van der Waals surface area contributed by atoms with Gasteiger partial charge in [-0.2, -0.15) is 0 Å². The van der Waals surface area contributed by atoms with Crippen LogP contribution in [0.15, 0.2) is 6.33 Å². The van der Waals surface area contributed by atoms with E-state index in [1.165, 1.54) is 12.6 Å². The predicted octanol–water partition coefficient (Wildman–Crippen LogP) is 0.675. The fourth-order valence-electron chi connectivity index (χ4n) is 2.03. The van der Waals surface area contributed by atoms with E-state index in [4.69, 9.17) is 5.73 Å². The van der Waals surface area contributed by atoms with Crippen LogP contribution in [0.3, 0.4) is 0 Å². The highest BCUT2D eigenvalue weighted by Gasteiger charge is 2.15. The second kappa shape index (κ2) is 4.24. The second-order valence-electron chi connectivity index (χ2n) is 4.45. The van der Waals surface area contributed by atoms with Crippen molar-refractivity contribution in [1.82, 2.24) is 14.5 Å². The zero-order chi connectivity index (χ0) is 13.5. The first-order valence-electron chi connectivity index (χ1n) is 5.55. The smallest absolute Gasteiger partial charge is 0.149 e. The zero-order valence-corrected chi connectivity index (χ0v) is 11.5. The van der Waals surface area contributed by atoms with Gasteiger partial charge in [-0.1, -0.05) is 0 Å². The summed E-state index contributed by atoms with van der Waals surface area (Å²) in [7, 11) is -3.00. The van der Waals surface area contributed by atoms with E-state index < -0.39 is 9.84 Å². The van der Waals surface area contributed by atoms with Crippen molar-refractivity contribution in [2.45, 2.75) is 20.4 Å². The van der Waals surface area contributed by atoms with E-state index in [-0.39, 0.29) is 5.75 Å². The number of nitrogens with two attached hydrogens (primary N) is 1. The minimum absolute atomic E-state index is 0.0843. The summed E-state index contributed by atoms with van der Waals surface area (Å²) in [5.74, 6) is 0.514. The summed E-state index contributed by atoms with van der Waals surface area (Å²) in [5.41, 5.74) is 8.50. The molecule has 0 amide bonds. The van der Waals surface area contributed by atoms with Gasteiger partial charge in [0, 0.05) is 18.5 Å². The molecule has 6 nitrogen and oxygen atoms in total. The number of rotatable bonds is 3. The standard InChI is InChI=1S/C11H16N4O2S/c1-7-8(2)15(4-5-18(3,16)17)11-9(7)10(12)13-6-14-11/h6H,4-5H2,1-3H3,(H2,12,13,14). The third-order valence-electron chi connectivity index (χ3n) is 3.12. The Morgan fingerprint density at radius 3 is 2.61 bits per heavy atom. The summed E-state index contributed by atoms with van der Waals surface area (Å²) >= 11 is 0. The Balaban J connectivity index is 2.58. The van der Waals surface area contributed by atoms with E-state index in [1.807, 2.05) is 18.4 Å². The van der Waals surface area contributed by atoms with Gasteiger partial charge in [0.15, 0.2) is 0 Å². The fourth-order valence-corrected chi connectivity index (χ4v) is 2.54. The normalized spacial score (nSPS) is 12.2. The highest BCUT2D eigenvalue weighted by molar-refractivity contribution is 7.90. The lowest BCUT2D eigenvalue weighted by Gasteiger charge is -2.06. The topological polar surface area (TPSA) is 90.9 Å². The first-order valence-corrected chi connectivity index (χ1v) is 7.61. The molecule has 0 atom stereocenters. The molecule has 2 N–H and O–H groups in total. The molecule has 0 fully saturated rings. The summed E-state index contributed by atoms with van der Waals surface area (Å²) in [6.45, 7) is 4.25. The molecule has 0 saturated carbocycles. The van der Waals surface area contributed by atoms with Crippen molar-refractivity contribution in [2.75, 3.05) is 17.7 Å². The molecule has 18 heavy (non-hydrogen) atoms. The maximum atomic E-state index is 11.3. The summed E-state index contributed by atoms with van der Waals surface area (Å²) in [5, 5.41) is 0.809. The maximum absolute atomic E-state index is 11.3. The predicted molar refractivity (Wildman–Crippen MR) is 71.1 cm³/mol. The van der Waals surface area contributed by atoms with Gasteiger partial charge in [0.1, 0.15) is 27.6 Å². The zero-order valence-electron chi connectivity index (χ0n) is 10.6. The largest absolute Gasteiger partial charge is 0.383 e. The molecular formula is C11H16N4O2S. The van der Waals surface area contributed by atoms with Crippen LogP contribution in [-0.2, 0) is 16.4 Å². The van der Waals surface area contributed by atoms with Crippen LogP contribution in [0, 0.1) is 13.8 Å². The Morgan fingerprint density at radius 1 is 1.33 bits per heavy atom. The summed E-state index contributed by atoms with van der Waals surface area (Å²) in [6, 6.07) is 0. The van der Waals surface area contributed by atoms with E-state index in [0.29, 0.717) is 18.0 Å². The Morgan fingerprint density at radius 2 is 2.00 bits per heavy atom. The molecule has 0 unspecified atom stereocenters. The van der Waals surface area contributed by atoms with Crippen molar-refractivity contribution >= 4 is 26.7 Å². The minimum atomic E-state index is -3.00. The molecule has 0 bridgehead atoms. The Kier molecular flexibility index (Phi) is 3.02. The van der Waals surface area contributed by atoms with Crippen LogP contribution >= 0.6 is 0 Å². The highest BCUT2D eigenvalue weighted by Crippen LogP contribution is 2.26. The van der Waals surface area contributed by atoms with Crippen LogP contribution in [0.25, 0.3) is 11.0 Å². The Hall–Kier alpha value is -1.63. The Bertz CT molecular complexity index is 703. The van der Waals surface area contributed by atoms with Crippen LogP contribution in [0.5, 0.6) is 0 Å². The van der Waals surface area contributed by atoms with E-state index in [2.05, 4.69) is 9.97 Å². The molecule has 2 rings (SSSR count). The summed E-state index contributed by atoms with van der Waals surface area (Å²) in [4.78, 5) is 8.17. The van der Waals surface area contributed by atoms with Crippen molar-refractivity contribution in [3.8, 4) is 0 Å². The summed E-state index contributed by atoms with van der Waals surface area (Å²) < 4.78 is 24.4. The molecule has 0 aromatic carbocycles. The molecule has 0 aliphatic carbocycles. The van der Waals surface area contributed by atoms with Gasteiger partial charge in [0.05, 0.1) is 11.1 Å². The molecular weight excluding hydrogens is 252 g/mol. The number of sulfone groups is 1. The quantitative estimate of drug-likeness (QED) is 0.883. The first-order chi connectivity index (χ1) is 8.31. The molecule has 2 heterocycles. The molecule has 0 aliphatic heterocycles. The van der Waals surface area contributed by atoms with Crippen LogP contribution in [-0.4, -0.2) is 35.0 Å². The number of nitrogen functional groups attached to an aromatic ring is 1. The first kappa shape index (κ1) is 12.8. The van der Waals surface area contributed by atoms with Crippen molar-refractivity contribution in [3.63, 3.8) is 0 Å². The lowest BCUT2D eigenvalue weighted by atomic mass is 10.2. The van der Waals surface area contributed by atoms with E-state index >= 15 is 0 Å². The van der Waals surface area contributed by atoms with Gasteiger partial charge >= 0.3 is 0 Å². The van der Waals surface area contributed by atoms with Crippen LogP contribution in [0.2, 0.25) is 0 Å². The van der Waals surface area contributed by atoms with Gasteiger partial charge in [-0.05, 0) is 19.4 Å². The van der Waals surface area contributed by atoms with Gasteiger partial charge in [0.25, 0.3) is 0 Å². The molecule has 98 valence electrons. The number of hydrogen-bond donors (Lipinski definition) is 1. The van der Waals surface area contributed by atoms with Crippen molar-refractivity contribution in [1.29, 1.82) is 0 Å². The second-order valence-corrected chi connectivity index (χ2v) is 6.71. The maximum Gasteiger partial charge on any atom is 0.149 e. The van der Waals surface area contributed by atoms with Gasteiger partial charge in [0.2, 0.25) is 0 Å². The van der Waals surface area contributed by atoms with Gasteiger partial charge in [-0.25, -0.2) is 18.4 Å². The number of aromatic nitrogens is 3. The molecule has 0 aliphatic rings. The van der Waals surface area contributed by atoms with E-state index in [1.54, 1.807) is 0 Å². The minimum Gasteiger partial charge on any atom is -0.383 e. The lowest BCUT2D eigenvalue weighted by Crippen LogP contribution is -2.12. The van der Waals surface area contributed by atoms with Crippen molar-refractivity contribution in [2.24, 2.45) is 0 Å². The van der Waals surface area contributed by atoms with Gasteiger partial charge in [-0.3, -0.25) is 0 Å². The molecule has 2 aromatic rings. The number of nitrogens with zero attached hydrogens (tertiary/aromatic N) is 3. The number of anilines is 1. The monoisotopic (exact) mass is 268 g/mol. The van der Waals surface area contributed by atoms with E-state index in [0.717, 1.165) is 16.6 Å². The SMILES string of the molecule is Cc1c(C)n(CCS(C)(=O)=O)c2ncnc(N)c12. The average Bonchev–Trinajstić information content (AvgIpc) is 2.50. The molecule has 0 spiro atoms. The highest BCUT2D eigenvalue weighted by atomic mass is 32.2. The number of aryl methyl sites for hydroxylation is 2. The van der Waals surface area contributed by atoms with Crippen LogP contribution in [0.4, 0.5) is 5.82 Å². The Labute approximate surface area is 106 Å². The third kappa shape index (κ3) is 2.17. The lowest BCUT2D eigenvalue weighted by molar-refractivity contribution is 0.595. The summed E-state index contributed by atoms with van der Waals surface area (Å²) in [6.07, 6.45) is 2.62. The van der Waals surface area contributed by atoms with E-state index in [9.17, 15) is 8.42 Å². The number of fused-ring (bicyclic) bond motifs is 1. The van der Waals surface area contributed by atoms with Gasteiger partial charge < -0.3 is 10.3 Å². The molecule has 0 radical (unpaired) electrons. The number of hydrogen-bond acceptors (Lipinski definition) is 5.